The molecule has 8 saturated carbocycles. The molecule has 190 valence electrons. The van der Waals surface area contributed by atoms with Crippen LogP contribution in [0.3, 0.4) is 0 Å². The van der Waals surface area contributed by atoms with Gasteiger partial charge in [0.2, 0.25) is 0 Å². The third-order valence-electron chi connectivity index (χ3n) is 13.3. The van der Waals surface area contributed by atoms with Crippen molar-refractivity contribution in [2.75, 3.05) is 0 Å². The standard InChI is InChI=1S/C34H44P2/c1-31(35)27-12-21-10-22(13-27)18-33(31,17-21)29-9-8-26(25-6-4-3-5-7-25)16-30(29)34-19-23-11-24(20-34)15-28(14-23)32(34,2)36/h3-9,16,21-24,27-28H,10-15,17-20,35-36H2,1-2H3. The molecular formula is C34H44P2. The van der Waals surface area contributed by atoms with Gasteiger partial charge in [0.25, 0.3) is 0 Å². The van der Waals surface area contributed by atoms with E-state index in [4.69, 9.17) is 0 Å². The molecule has 8 fully saturated rings. The van der Waals surface area contributed by atoms with Crippen LogP contribution in [0.25, 0.3) is 11.1 Å². The lowest BCUT2D eigenvalue weighted by Crippen LogP contribution is -2.65. The van der Waals surface area contributed by atoms with E-state index in [0.29, 0.717) is 21.1 Å². The van der Waals surface area contributed by atoms with Gasteiger partial charge in [-0.25, -0.2) is 0 Å². The topological polar surface area (TPSA) is 0 Å². The summed E-state index contributed by atoms with van der Waals surface area (Å²) in [5, 5.41) is 0.632. The van der Waals surface area contributed by atoms with Crippen LogP contribution >= 0.6 is 18.5 Å². The third-order valence-corrected chi connectivity index (χ3v) is 15.3. The van der Waals surface area contributed by atoms with E-state index >= 15 is 0 Å². The maximum absolute atomic E-state index is 3.51. The molecule has 8 atom stereocenters. The number of hydrogen-bond donors (Lipinski definition) is 0. The molecule has 0 aromatic heterocycles. The molecule has 2 aromatic rings. The predicted octanol–water partition coefficient (Wildman–Crippen LogP) is 8.78. The molecule has 0 radical (unpaired) electrons. The highest BCUT2D eigenvalue weighted by atomic mass is 31.0. The van der Waals surface area contributed by atoms with E-state index in [9.17, 15) is 0 Å². The maximum Gasteiger partial charge on any atom is 0.00521 e. The van der Waals surface area contributed by atoms with E-state index in [1.54, 1.807) is 11.1 Å². The fraction of sp³-hybridized carbons (Fsp3) is 0.647. The fourth-order valence-corrected chi connectivity index (χ4v) is 13.1. The summed E-state index contributed by atoms with van der Waals surface area (Å²) >= 11 is 0. The number of benzene rings is 2. The summed E-state index contributed by atoms with van der Waals surface area (Å²) in [6.45, 7) is 5.30. The molecule has 0 nitrogen and oxygen atoms in total. The summed E-state index contributed by atoms with van der Waals surface area (Å²) in [5.41, 5.74) is 7.06. The van der Waals surface area contributed by atoms with E-state index in [-0.39, 0.29) is 0 Å². The van der Waals surface area contributed by atoms with Crippen LogP contribution in [0.2, 0.25) is 0 Å². The molecule has 2 aromatic carbocycles. The molecule has 0 aliphatic heterocycles. The first-order valence-corrected chi connectivity index (χ1v) is 16.2. The van der Waals surface area contributed by atoms with E-state index in [1.807, 2.05) is 0 Å². The Morgan fingerprint density at radius 1 is 0.556 bits per heavy atom. The van der Waals surface area contributed by atoms with Gasteiger partial charge >= 0.3 is 0 Å². The molecule has 0 amide bonds. The van der Waals surface area contributed by atoms with Gasteiger partial charge in [0.05, 0.1) is 0 Å². The minimum atomic E-state index is 0.310. The Hall–Kier alpha value is -0.700. The van der Waals surface area contributed by atoms with Crippen LogP contribution in [0.1, 0.15) is 89.2 Å². The van der Waals surface area contributed by atoms with Crippen LogP contribution in [0.4, 0.5) is 0 Å². The zero-order valence-corrected chi connectivity index (χ0v) is 24.6. The summed E-state index contributed by atoms with van der Waals surface area (Å²) < 4.78 is 0. The Labute approximate surface area is 223 Å². The Kier molecular flexibility index (Phi) is 4.82. The van der Waals surface area contributed by atoms with Crippen molar-refractivity contribution in [1.29, 1.82) is 0 Å². The van der Waals surface area contributed by atoms with Gasteiger partial charge in [-0.15, -0.1) is 18.5 Å². The van der Waals surface area contributed by atoms with Crippen LogP contribution in [0.15, 0.2) is 48.5 Å². The molecule has 0 heterocycles. The quantitative estimate of drug-likeness (QED) is 0.359. The summed E-state index contributed by atoms with van der Waals surface area (Å²) in [7, 11) is 7.00. The highest BCUT2D eigenvalue weighted by Gasteiger charge is 2.66. The van der Waals surface area contributed by atoms with E-state index in [2.05, 4.69) is 80.9 Å². The molecule has 8 unspecified atom stereocenters. The highest BCUT2D eigenvalue weighted by molar-refractivity contribution is 7.19. The minimum Gasteiger partial charge on any atom is -0.130 e. The molecule has 10 rings (SSSR count). The van der Waals surface area contributed by atoms with Crippen molar-refractivity contribution in [3.63, 3.8) is 0 Å². The molecule has 8 bridgehead atoms. The van der Waals surface area contributed by atoms with Gasteiger partial charge in [-0.05, 0) is 132 Å². The van der Waals surface area contributed by atoms with Crippen LogP contribution in [0, 0.1) is 35.5 Å². The van der Waals surface area contributed by atoms with E-state index in [1.165, 1.54) is 75.3 Å². The molecular weight excluding hydrogens is 470 g/mol. The largest absolute Gasteiger partial charge is 0.130 e. The smallest absolute Gasteiger partial charge is 0.00521 e. The van der Waals surface area contributed by atoms with Crippen LogP contribution in [0.5, 0.6) is 0 Å². The first-order valence-electron chi connectivity index (χ1n) is 15.0. The summed E-state index contributed by atoms with van der Waals surface area (Å²) in [6.07, 6.45) is 14.6. The molecule has 8 aliphatic rings. The second kappa shape index (κ2) is 7.48. The van der Waals surface area contributed by atoms with Gasteiger partial charge in [0, 0.05) is 10.8 Å². The second-order valence-electron chi connectivity index (χ2n) is 14.9. The van der Waals surface area contributed by atoms with E-state index in [0.717, 1.165) is 35.5 Å². The summed E-state index contributed by atoms with van der Waals surface area (Å²) in [5.74, 6) is 5.56. The minimum absolute atomic E-state index is 0.310. The monoisotopic (exact) mass is 514 g/mol. The van der Waals surface area contributed by atoms with Crippen molar-refractivity contribution in [2.45, 2.75) is 99.2 Å². The first-order chi connectivity index (χ1) is 17.2. The van der Waals surface area contributed by atoms with Crippen LogP contribution in [-0.2, 0) is 10.8 Å². The first kappa shape index (κ1) is 23.2. The van der Waals surface area contributed by atoms with Crippen LogP contribution in [-0.4, -0.2) is 10.3 Å². The lowest BCUT2D eigenvalue weighted by Gasteiger charge is -2.69. The zero-order chi connectivity index (χ0) is 24.5. The molecule has 0 N–H and O–H groups in total. The average molecular weight is 515 g/mol. The molecule has 0 spiro atoms. The molecule has 2 heteroatoms. The van der Waals surface area contributed by atoms with Gasteiger partial charge in [-0.3, -0.25) is 0 Å². The zero-order valence-electron chi connectivity index (χ0n) is 22.3. The van der Waals surface area contributed by atoms with Crippen molar-refractivity contribution in [3.8, 4) is 11.1 Å². The second-order valence-corrected chi connectivity index (χ2v) is 17.3. The average Bonchev–Trinajstić information content (AvgIpc) is 2.85. The van der Waals surface area contributed by atoms with Crippen LogP contribution < -0.4 is 0 Å². The lowest BCUT2D eigenvalue weighted by atomic mass is 9.39. The number of rotatable bonds is 3. The van der Waals surface area contributed by atoms with Crippen molar-refractivity contribution in [2.24, 2.45) is 35.5 Å². The predicted molar refractivity (Wildman–Crippen MR) is 159 cm³/mol. The third kappa shape index (κ3) is 2.86. The van der Waals surface area contributed by atoms with Crippen molar-refractivity contribution in [1.82, 2.24) is 0 Å². The lowest BCUT2D eigenvalue weighted by molar-refractivity contribution is -0.0475. The SMILES string of the molecule is CC1(P)C2CC3CC(C2)CC1(c1ccc(-c2ccccc2)cc1C12CC4CC(CC(C4)C1(C)P)C2)C3. The normalized spacial score (nSPS) is 50.1. The van der Waals surface area contributed by atoms with Gasteiger partial charge in [0.1, 0.15) is 0 Å². The maximum atomic E-state index is 3.51. The fourth-order valence-electron chi connectivity index (χ4n) is 11.8. The van der Waals surface area contributed by atoms with Gasteiger partial charge in [-0.1, -0.05) is 62.4 Å². The van der Waals surface area contributed by atoms with Gasteiger partial charge in [0.15, 0.2) is 0 Å². The molecule has 36 heavy (non-hydrogen) atoms. The highest BCUT2D eigenvalue weighted by Crippen LogP contribution is 2.72. The molecule has 8 aliphatic carbocycles. The van der Waals surface area contributed by atoms with Crippen molar-refractivity contribution < 1.29 is 0 Å². The number of hydrogen-bond acceptors (Lipinski definition) is 0. The Balaban J connectivity index is 1.38. The Morgan fingerprint density at radius 3 is 1.53 bits per heavy atom. The van der Waals surface area contributed by atoms with Crippen molar-refractivity contribution >= 4 is 18.5 Å². The van der Waals surface area contributed by atoms with Crippen molar-refractivity contribution in [3.05, 3.63) is 59.7 Å². The molecule has 0 saturated heterocycles. The summed E-state index contributed by atoms with van der Waals surface area (Å²) in [4.78, 5) is 0. The van der Waals surface area contributed by atoms with E-state index < -0.39 is 0 Å². The Bertz CT molecular complexity index is 1180. The van der Waals surface area contributed by atoms with Gasteiger partial charge in [-0.2, -0.15) is 0 Å². The summed E-state index contributed by atoms with van der Waals surface area (Å²) in [6, 6.07) is 19.1. The Morgan fingerprint density at radius 2 is 1.03 bits per heavy atom. The van der Waals surface area contributed by atoms with Gasteiger partial charge < -0.3 is 0 Å².